The molecule has 6 nitrogen and oxygen atoms in total. The highest BCUT2D eigenvalue weighted by molar-refractivity contribution is 5.99. The first-order valence-electron chi connectivity index (χ1n) is 8.42. The van der Waals surface area contributed by atoms with Crippen LogP contribution in [0.15, 0.2) is 18.2 Å². The van der Waals surface area contributed by atoms with Crippen molar-refractivity contribution < 1.29 is 19.5 Å². The Morgan fingerprint density at radius 2 is 2.00 bits per heavy atom. The van der Waals surface area contributed by atoms with Crippen molar-refractivity contribution in [3.05, 3.63) is 29.3 Å². The summed E-state index contributed by atoms with van der Waals surface area (Å²) in [6.45, 7) is 0. The van der Waals surface area contributed by atoms with Crippen LogP contribution in [0.25, 0.3) is 0 Å². The molecule has 2 saturated heterocycles. The molecule has 3 heterocycles. The van der Waals surface area contributed by atoms with E-state index in [1.165, 1.54) is 0 Å². The molecule has 1 aromatic carbocycles. The Labute approximate surface area is 140 Å². The van der Waals surface area contributed by atoms with Gasteiger partial charge in [-0.05, 0) is 49.4 Å². The third kappa shape index (κ3) is 2.12. The molecular weight excluding hydrogens is 308 g/mol. The Morgan fingerprint density at radius 1 is 1.21 bits per heavy atom. The van der Waals surface area contributed by atoms with E-state index in [9.17, 15) is 19.5 Å². The van der Waals surface area contributed by atoms with E-state index in [1.54, 1.807) is 22.9 Å². The van der Waals surface area contributed by atoms with E-state index in [0.717, 1.165) is 24.1 Å². The third-order valence-corrected chi connectivity index (χ3v) is 5.76. The number of aryl methyl sites for hydroxylation is 1. The maximum Gasteiger partial charge on any atom is 0.308 e. The van der Waals surface area contributed by atoms with Gasteiger partial charge in [-0.1, -0.05) is 0 Å². The van der Waals surface area contributed by atoms with Gasteiger partial charge in [0.2, 0.25) is 5.91 Å². The molecular formula is C18H20N2O4. The summed E-state index contributed by atoms with van der Waals surface area (Å²) in [5.74, 6) is -1.23. The predicted molar refractivity (Wildman–Crippen MR) is 86.9 cm³/mol. The highest BCUT2D eigenvalue weighted by atomic mass is 16.4. The van der Waals surface area contributed by atoms with Crippen molar-refractivity contribution in [2.24, 2.45) is 5.92 Å². The fourth-order valence-electron chi connectivity index (χ4n) is 4.51. The van der Waals surface area contributed by atoms with Crippen molar-refractivity contribution in [3.63, 3.8) is 0 Å². The molecule has 126 valence electrons. The minimum atomic E-state index is -0.800. The molecule has 6 heteroatoms. The van der Waals surface area contributed by atoms with Crippen LogP contribution in [-0.4, -0.2) is 46.9 Å². The number of rotatable bonds is 2. The van der Waals surface area contributed by atoms with Crippen LogP contribution in [0.4, 0.5) is 5.69 Å². The summed E-state index contributed by atoms with van der Waals surface area (Å²) in [7, 11) is 1.75. The number of benzene rings is 1. The number of aliphatic carboxylic acids is 1. The SMILES string of the molecule is CN1C(=O)CCc2cc(C(=O)N3C4CCC3C(C(=O)O)C4)ccc21. The van der Waals surface area contributed by atoms with Gasteiger partial charge in [-0.25, -0.2) is 0 Å². The number of carbonyl (C=O) groups excluding carboxylic acids is 2. The van der Waals surface area contributed by atoms with Crippen LogP contribution in [0.3, 0.4) is 0 Å². The van der Waals surface area contributed by atoms with Gasteiger partial charge >= 0.3 is 5.97 Å². The van der Waals surface area contributed by atoms with E-state index in [-0.39, 0.29) is 23.9 Å². The molecule has 0 aromatic heterocycles. The van der Waals surface area contributed by atoms with Gasteiger partial charge in [0, 0.05) is 36.8 Å². The van der Waals surface area contributed by atoms with Crippen LogP contribution in [0.5, 0.6) is 0 Å². The van der Waals surface area contributed by atoms with Gasteiger partial charge in [-0.2, -0.15) is 0 Å². The highest BCUT2D eigenvalue weighted by Gasteiger charge is 2.51. The lowest BCUT2D eigenvalue weighted by atomic mass is 9.89. The normalized spacial score (nSPS) is 28.2. The molecule has 0 saturated carbocycles. The second-order valence-corrected chi connectivity index (χ2v) is 6.99. The fourth-order valence-corrected chi connectivity index (χ4v) is 4.51. The Hall–Kier alpha value is -2.37. The molecule has 1 aromatic rings. The number of hydrogen-bond acceptors (Lipinski definition) is 3. The van der Waals surface area contributed by atoms with Crippen molar-refractivity contribution in [1.29, 1.82) is 0 Å². The average Bonchev–Trinajstić information content (AvgIpc) is 3.15. The lowest BCUT2D eigenvalue weighted by Crippen LogP contribution is -2.38. The van der Waals surface area contributed by atoms with Crippen LogP contribution in [0.2, 0.25) is 0 Å². The molecule has 0 aliphatic carbocycles. The number of carboxylic acid groups (broad SMARTS) is 1. The zero-order valence-corrected chi connectivity index (χ0v) is 13.6. The van der Waals surface area contributed by atoms with Gasteiger partial charge < -0.3 is 14.9 Å². The minimum Gasteiger partial charge on any atom is -0.481 e. The van der Waals surface area contributed by atoms with Crippen LogP contribution in [0.1, 0.15) is 41.6 Å². The second kappa shape index (κ2) is 5.33. The molecule has 1 N–H and O–H groups in total. The first-order chi connectivity index (χ1) is 11.5. The topological polar surface area (TPSA) is 77.9 Å². The van der Waals surface area contributed by atoms with E-state index in [2.05, 4.69) is 0 Å². The van der Waals surface area contributed by atoms with Crippen molar-refractivity contribution in [2.75, 3.05) is 11.9 Å². The second-order valence-electron chi connectivity index (χ2n) is 6.99. The number of amides is 2. The molecule has 3 unspecified atom stereocenters. The summed E-state index contributed by atoms with van der Waals surface area (Å²) in [5.41, 5.74) is 2.46. The average molecular weight is 328 g/mol. The van der Waals surface area contributed by atoms with Gasteiger partial charge in [0.1, 0.15) is 0 Å². The van der Waals surface area contributed by atoms with Crippen LogP contribution in [-0.2, 0) is 16.0 Å². The summed E-state index contributed by atoms with van der Waals surface area (Å²) >= 11 is 0. The van der Waals surface area contributed by atoms with Crippen molar-refractivity contribution in [1.82, 2.24) is 4.90 Å². The van der Waals surface area contributed by atoms with E-state index < -0.39 is 11.9 Å². The van der Waals surface area contributed by atoms with E-state index >= 15 is 0 Å². The Balaban J connectivity index is 1.62. The van der Waals surface area contributed by atoms with Gasteiger partial charge in [0.25, 0.3) is 5.91 Å². The van der Waals surface area contributed by atoms with Crippen molar-refractivity contribution in [3.8, 4) is 0 Å². The largest absolute Gasteiger partial charge is 0.481 e. The molecule has 24 heavy (non-hydrogen) atoms. The van der Waals surface area contributed by atoms with Crippen molar-refractivity contribution >= 4 is 23.5 Å². The standard InChI is InChI=1S/C18H20N2O4/c1-19-14-5-2-11(8-10(14)3-7-16(19)21)17(22)20-12-4-6-15(20)13(9-12)18(23)24/h2,5,8,12-13,15H,3-4,6-7,9H2,1H3,(H,23,24). The number of carboxylic acids is 1. The molecule has 3 aliphatic rings. The fraction of sp³-hybridized carbons (Fsp3) is 0.500. The smallest absolute Gasteiger partial charge is 0.308 e. The van der Waals surface area contributed by atoms with Crippen molar-refractivity contribution in [2.45, 2.75) is 44.2 Å². The van der Waals surface area contributed by atoms with Gasteiger partial charge in [0.05, 0.1) is 5.92 Å². The van der Waals surface area contributed by atoms with Gasteiger partial charge in [-0.3, -0.25) is 14.4 Å². The number of fused-ring (bicyclic) bond motifs is 3. The van der Waals surface area contributed by atoms with E-state index in [0.29, 0.717) is 24.8 Å². The zero-order valence-electron chi connectivity index (χ0n) is 13.6. The first kappa shape index (κ1) is 15.2. The zero-order chi connectivity index (χ0) is 17.0. The first-order valence-corrected chi connectivity index (χ1v) is 8.42. The molecule has 2 amide bonds. The van der Waals surface area contributed by atoms with Gasteiger partial charge in [0.15, 0.2) is 0 Å². The summed E-state index contributed by atoms with van der Waals surface area (Å²) in [6, 6.07) is 5.31. The molecule has 3 aliphatic heterocycles. The summed E-state index contributed by atoms with van der Waals surface area (Å²) < 4.78 is 0. The summed E-state index contributed by atoms with van der Waals surface area (Å²) in [4.78, 5) is 39.5. The number of carbonyl (C=O) groups is 3. The molecule has 2 bridgehead atoms. The molecule has 0 spiro atoms. The summed E-state index contributed by atoms with van der Waals surface area (Å²) in [6.07, 6.45) is 3.33. The molecule has 4 rings (SSSR count). The maximum absolute atomic E-state index is 13.0. The highest BCUT2D eigenvalue weighted by Crippen LogP contribution is 2.43. The monoisotopic (exact) mass is 328 g/mol. The quantitative estimate of drug-likeness (QED) is 0.896. The lowest BCUT2D eigenvalue weighted by Gasteiger charge is -2.27. The number of nitrogens with zero attached hydrogens (tertiary/aromatic N) is 2. The third-order valence-electron chi connectivity index (χ3n) is 5.76. The Morgan fingerprint density at radius 3 is 2.71 bits per heavy atom. The minimum absolute atomic E-state index is 0.0453. The van der Waals surface area contributed by atoms with E-state index in [1.807, 2.05) is 12.1 Å². The van der Waals surface area contributed by atoms with Crippen LogP contribution in [0, 0.1) is 5.92 Å². The molecule has 2 fully saturated rings. The maximum atomic E-state index is 13.0. The van der Waals surface area contributed by atoms with E-state index in [4.69, 9.17) is 0 Å². The Bertz CT molecular complexity index is 745. The van der Waals surface area contributed by atoms with Crippen LogP contribution < -0.4 is 4.90 Å². The number of hydrogen-bond donors (Lipinski definition) is 1. The Kier molecular flexibility index (Phi) is 3.37. The summed E-state index contributed by atoms with van der Waals surface area (Å²) in [5, 5.41) is 9.34. The predicted octanol–water partition coefficient (Wildman–Crippen LogP) is 1.67. The molecule has 0 radical (unpaired) electrons. The number of anilines is 1. The van der Waals surface area contributed by atoms with Crippen LogP contribution >= 0.6 is 0 Å². The lowest BCUT2D eigenvalue weighted by molar-refractivity contribution is -0.142. The molecule has 3 atom stereocenters. The van der Waals surface area contributed by atoms with Gasteiger partial charge in [-0.15, -0.1) is 0 Å².